The van der Waals surface area contributed by atoms with Gasteiger partial charge in [0.15, 0.2) is 0 Å². The molecule has 13 aromatic rings. The highest BCUT2D eigenvalue weighted by molar-refractivity contribution is 6.06. The van der Waals surface area contributed by atoms with Crippen LogP contribution in [0.5, 0.6) is 23.0 Å². The minimum Gasteiger partial charge on any atom is -0.457 e. The fourth-order valence-corrected chi connectivity index (χ4v) is 14.0. The number of para-hydroxylation sites is 5. The first-order valence-electron chi connectivity index (χ1n) is 26.8. The molecule has 12 aromatic carbocycles. The normalized spacial score (nSPS) is 14.1. The Balaban J connectivity index is 0.849. The van der Waals surface area contributed by atoms with Crippen molar-refractivity contribution in [3.63, 3.8) is 0 Å². The molecule has 0 unspecified atom stereocenters. The molecule has 2 spiro atoms. The maximum Gasteiger partial charge on any atom is 0.135 e. The van der Waals surface area contributed by atoms with Gasteiger partial charge in [0.05, 0.1) is 10.8 Å². The first-order chi connectivity index (χ1) is 38.6. The highest BCUT2D eigenvalue weighted by atomic mass is 16.5. The van der Waals surface area contributed by atoms with Gasteiger partial charge < -0.3 is 18.8 Å². The van der Waals surface area contributed by atoms with Gasteiger partial charge in [-0.3, -0.25) is 0 Å². The third kappa shape index (κ3) is 5.83. The Bertz CT molecular complexity index is 4570. The first kappa shape index (κ1) is 43.1. The molecule has 0 fully saturated rings. The lowest BCUT2D eigenvalue weighted by Gasteiger charge is -2.39. The Morgan fingerprint density at radius 1 is 0.244 bits per heavy atom. The van der Waals surface area contributed by atoms with Gasteiger partial charge in [0.1, 0.15) is 34.2 Å². The summed E-state index contributed by atoms with van der Waals surface area (Å²) in [6, 6.07) is 99.3. The lowest BCUT2D eigenvalue weighted by atomic mass is 9.66. The molecule has 364 valence electrons. The highest BCUT2D eigenvalue weighted by Crippen LogP contribution is 2.64. The molecular formula is C74H45NO3. The Labute approximate surface area is 451 Å². The molecule has 4 nitrogen and oxygen atoms in total. The molecule has 4 aliphatic rings. The van der Waals surface area contributed by atoms with Crippen LogP contribution in [0.15, 0.2) is 277 Å². The van der Waals surface area contributed by atoms with E-state index in [1.807, 2.05) is 12.1 Å². The van der Waals surface area contributed by atoms with Crippen molar-refractivity contribution in [2.75, 3.05) is 4.90 Å². The Kier molecular flexibility index (Phi) is 8.94. The zero-order valence-corrected chi connectivity index (χ0v) is 42.2. The maximum atomic E-state index is 6.74. The van der Waals surface area contributed by atoms with Gasteiger partial charge in [-0.1, -0.05) is 188 Å². The van der Waals surface area contributed by atoms with Crippen molar-refractivity contribution in [1.29, 1.82) is 0 Å². The van der Waals surface area contributed by atoms with E-state index >= 15 is 0 Å². The Hall–Kier alpha value is -10.2. The summed E-state index contributed by atoms with van der Waals surface area (Å²) in [7, 11) is 0. The third-order valence-corrected chi connectivity index (χ3v) is 17.2. The van der Waals surface area contributed by atoms with Crippen LogP contribution in [0.2, 0.25) is 0 Å². The summed E-state index contributed by atoms with van der Waals surface area (Å²) in [4.78, 5) is 2.43. The number of benzene rings is 12. The summed E-state index contributed by atoms with van der Waals surface area (Å²) >= 11 is 0. The van der Waals surface area contributed by atoms with E-state index in [2.05, 4.69) is 266 Å². The van der Waals surface area contributed by atoms with Crippen LogP contribution in [0, 0.1) is 0 Å². The lowest BCUT2D eigenvalue weighted by molar-refractivity contribution is 0.436. The number of ether oxygens (including phenoxy) is 2. The standard InChI is InChI=1S/C74H45NO3/c1-4-21-59-53(18-1)55-39-38-52(45-66(55)74(59)64-25-8-13-30-71(64)78-72-31-14-9-26-65(72)74)75(50-36-32-46(33-37-50)48-35-41-68-58(44-48)56-20-3-10-27-67(56)76-68)51-17-15-16-47(42-51)49-34-40-61-57(43-49)54-19-2-5-22-60(54)73(61)62-23-6-11-28-69(62)77-70-29-12-7-24-63(70)73/h1-45H. The minimum atomic E-state index is -0.621. The number of fused-ring (bicyclic) bond motifs is 21. The largest absolute Gasteiger partial charge is 0.457 e. The summed E-state index contributed by atoms with van der Waals surface area (Å²) in [5, 5.41) is 2.23. The molecule has 1 aromatic heterocycles. The van der Waals surface area contributed by atoms with Crippen LogP contribution < -0.4 is 14.4 Å². The molecule has 0 saturated carbocycles. The first-order valence-corrected chi connectivity index (χ1v) is 26.8. The van der Waals surface area contributed by atoms with Gasteiger partial charge in [-0.25, -0.2) is 0 Å². The van der Waals surface area contributed by atoms with Gasteiger partial charge in [-0.05, 0) is 152 Å². The molecule has 0 amide bonds. The van der Waals surface area contributed by atoms with Crippen LogP contribution in [-0.2, 0) is 10.8 Å². The summed E-state index contributed by atoms with van der Waals surface area (Å²) in [6.07, 6.45) is 0. The van der Waals surface area contributed by atoms with Crippen LogP contribution in [0.4, 0.5) is 17.1 Å². The average Bonchev–Trinajstić information content (AvgIpc) is 4.19. The molecule has 0 N–H and O–H groups in total. The van der Waals surface area contributed by atoms with Crippen molar-refractivity contribution < 1.29 is 13.9 Å². The summed E-state index contributed by atoms with van der Waals surface area (Å²) < 4.78 is 19.6. The summed E-state index contributed by atoms with van der Waals surface area (Å²) in [5.41, 5.74) is 22.9. The van der Waals surface area contributed by atoms with Gasteiger partial charge in [-0.15, -0.1) is 0 Å². The van der Waals surface area contributed by atoms with Gasteiger partial charge in [-0.2, -0.15) is 0 Å². The molecule has 0 atom stereocenters. The van der Waals surface area contributed by atoms with Crippen molar-refractivity contribution in [1.82, 2.24) is 0 Å². The maximum absolute atomic E-state index is 6.74. The summed E-state index contributed by atoms with van der Waals surface area (Å²) in [6.45, 7) is 0. The Morgan fingerprint density at radius 2 is 0.692 bits per heavy atom. The van der Waals surface area contributed by atoms with Crippen molar-refractivity contribution in [2.24, 2.45) is 0 Å². The van der Waals surface area contributed by atoms with Crippen LogP contribution >= 0.6 is 0 Å². The van der Waals surface area contributed by atoms with Crippen molar-refractivity contribution in [3.05, 3.63) is 317 Å². The lowest BCUT2D eigenvalue weighted by Crippen LogP contribution is -2.32. The SMILES string of the molecule is c1cc(-c2ccc3c(c2)-c2ccccc2C32c3ccccc3Oc3ccccc32)cc(N(c2ccc(-c3ccc4oc5ccccc5c4c3)cc2)c2ccc3c(c2)C2(c4ccccc4Oc4ccccc42)c2ccccc2-3)c1. The third-order valence-electron chi connectivity index (χ3n) is 17.2. The number of anilines is 3. The van der Waals surface area contributed by atoms with E-state index in [0.29, 0.717) is 0 Å². The molecule has 0 radical (unpaired) electrons. The van der Waals surface area contributed by atoms with E-state index in [1.165, 1.54) is 44.5 Å². The van der Waals surface area contributed by atoms with Gasteiger partial charge >= 0.3 is 0 Å². The predicted molar refractivity (Wildman–Crippen MR) is 314 cm³/mol. The van der Waals surface area contributed by atoms with Crippen LogP contribution in [0.3, 0.4) is 0 Å². The quantitative estimate of drug-likeness (QED) is 0.172. The predicted octanol–water partition coefficient (Wildman–Crippen LogP) is 19.3. The van der Waals surface area contributed by atoms with Crippen molar-refractivity contribution in [3.8, 4) is 67.5 Å². The van der Waals surface area contributed by atoms with Gasteiger partial charge in [0.25, 0.3) is 0 Å². The fourth-order valence-electron chi connectivity index (χ4n) is 14.0. The van der Waals surface area contributed by atoms with E-state index < -0.39 is 10.8 Å². The number of rotatable bonds is 5. The monoisotopic (exact) mass is 995 g/mol. The number of nitrogens with zero attached hydrogens (tertiary/aromatic N) is 1. The zero-order chi connectivity index (χ0) is 51.1. The van der Waals surface area contributed by atoms with E-state index in [1.54, 1.807) is 0 Å². The smallest absolute Gasteiger partial charge is 0.135 e. The molecule has 17 rings (SSSR count). The zero-order valence-electron chi connectivity index (χ0n) is 42.2. The van der Waals surface area contributed by atoms with Crippen LogP contribution in [0.1, 0.15) is 44.5 Å². The van der Waals surface area contributed by atoms with Crippen molar-refractivity contribution >= 4 is 39.0 Å². The number of furan rings is 1. The van der Waals surface area contributed by atoms with E-state index in [4.69, 9.17) is 13.9 Å². The molecule has 0 saturated heterocycles. The average molecular weight is 996 g/mol. The molecule has 2 aliphatic heterocycles. The second-order valence-corrected chi connectivity index (χ2v) is 21.0. The van der Waals surface area contributed by atoms with Gasteiger partial charge in [0.2, 0.25) is 0 Å². The van der Waals surface area contributed by atoms with Crippen molar-refractivity contribution in [2.45, 2.75) is 10.8 Å². The van der Waals surface area contributed by atoms with Crippen LogP contribution in [-0.4, -0.2) is 0 Å². The second-order valence-electron chi connectivity index (χ2n) is 21.0. The molecule has 4 heteroatoms. The molecule has 0 bridgehead atoms. The fraction of sp³-hybridized carbons (Fsp3) is 0.0270. The molecule has 2 aliphatic carbocycles. The van der Waals surface area contributed by atoms with E-state index in [0.717, 1.165) is 107 Å². The van der Waals surface area contributed by atoms with E-state index in [9.17, 15) is 0 Å². The Morgan fingerprint density at radius 3 is 1.35 bits per heavy atom. The second kappa shape index (κ2) is 16.2. The van der Waals surface area contributed by atoms with Crippen LogP contribution in [0.25, 0.3) is 66.4 Å². The molecule has 3 heterocycles. The number of hydrogen-bond acceptors (Lipinski definition) is 4. The molecule has 78 heavy (non-hydrogen) atoms. The summed E-state index contributed by atoms with van der Waals surface area (Å²) in [5.74, 6) is 3.53. The van der Waals surface area contributed by atoms with E-state index in [-0.39, 0.29) is 0 Å². The number of hydrogen-bond donors (Lipinski definition) is 0. The topological polar surface area (TPSA) is 34.8 Å². The molecular weight excluding hydrogens is 951 g/mol. The highest BCUT2D eigenvalue weighted by Gasteiger charge is 2.52. The van der Waals surface area contributed by atoms with Gasteiger partial charge in [0, 0.05) is 50.1 Å². The minimum absolute atomic E-state index is 0.533.